The summed E-state index contributed by atoms with van der Waals surface area (Å²) >= 11 is 9.61. The molecule has 4 N–H and O–H groups in total. The summed E-state index contributed by atoms with van der Waals surface area (Å²) in [6.07, 6.45) is 2.69. The molecule has 378 valence electrons. The van der Waals surface area contributed by atoms with Crippen molar-refractivity contribution >= 4 is 84.0 Å². The van der Waals surface area contributed by atoms with Crippen LogP contribution in [0.2, 0.25) is 5.15 Å². The van der Waals surface area contributed by atoms with E-state index in [2.05, 4.69) is 56.3 Å². The standard InChI is InChI=1S/C25H28ClFN4O5.C24H26BrFN4O5/c1-15(32)36-18(13-31-9-4-3-5-10-31)14-35-20-12-19-21(24(26)30-25(27)29-19)22(23(20)34-2)28-16-7-6-8-17(33)11-16;1-14(31)35-17(12-30-8-3-4-9-30)13-34-19-11-18-20(23(25)29-24(26)28-18)21(22(19)33-2)27-15-6-5-7-16(32)10-15/h6-8,11-12,18,28,33H,3-5,9-10,13-14H2,1-2H3;5-7,10-11,17,27,32H,3-4,8-9,12-13H2,1-2H3. The van der Waals surface area contributed by atoms with Crippen LogP contribution in [0.1, 0.15) is 46.0 Å². The summed E-state index contributed by atoms with van der Waals surface area (Å²) in [5.74, 6) is 0.433. The monoisotopic (exact) mass is 1070 g/mol. The fourth-order valence-electron chi connectivity index (χ4n) is 8.45. The molecule has 2 atom stereocenters. The van der Waals surface area contributed by atoms with Crippen molar-refractivity contribution in [3.05, 3.63) is 82.6 Å². The van der Waals surface area contributed by atoms with Crippen LogP contribution < -0.4 is 29.6 Å². The average molecular weight is 1070 g/mol. The molecule has 0 radical (unpaired) electrons. The molecule has 6 aromatic rings. The van der Waals surface area contributed by atoms with Crippen LogP contribution in [0, 0.1) is 12.2 Å². The van der Waals surface area contributed by atoms with Crippen molar-refractivity contribution in [2.24, 2.45) is 0 Å². The number of fused-ring (bicyclic) bond motifs is 2. The van der Waals surface area contributed by atoms with E-state index >= 15 is 0 Å². The number of likely N-dealkylation sites (tertiary alicyclic amines) is 2. The lowest BCUT2D eigenvalue weighted by atomic mass is 10.1. The molecule has 2 aliphatic rings. The number of anilines is 4. The maximum Gasteiger partial charge on any atom is 0.310 e. The Hall–Kier alpha value is -6.55. The third-order valence-corrected chi connectivity index (χ3v) is 12.2. The van der Waals surface area contributed by atoms with Gasteiger partial charge in [0.05, 0.1) is 47.4 Å². The Balaban J connectivity index is 0.000000209. The summed E-state index contributed by atoms with van der Waals surface area (Å²) in [5, 5.41) is 26.8. The number of phenolic OH excluding ortho intramolecular Hbond substituents is 2. The molecular weight excluding hydrogens is 1010 g/mol. The number of nitrogens with one attached hydrogen (secondary N) is 2. The largest absolute Gasteiger partial charge is 0.508 e. The molecule has 0 bridgehead atoms. The number of phenols is 2. The van der Waals surface area contributed by atoms with E-state index in [1.165, 1.54) is 58.8 Å². The zero-order valence-corrected chi connectivity index (χ0v) is 41.8. The topological polar surface area (TPSA) is 212 Å². The summed E-state index contributed by atoms with van der Waals surface area (Å²) in [7, 11) is 2.94. The normalized spacial score (nSPS) is 14.8. The van der Waals surface area contributed by atoms with E-state index in [4.69, 9.17) is 40.0 Å². The van der Waals surface area contributed by atoms with Crippen molar-refractivity contribution in [2.45, 2.75) is 58.2 Å². The molecule has 8 rings (SSSR count). The van der Waals surface area contributed by atoms with Crippen LogP contribution in [0.15, 0.2) is 65.3 Å². The second-order valence-electron chi connectivity index (χ2n) is 16.7. The summed E-state index contributed by atoms with van der Waals surface area (Å²) in [5.41, 5.74) is 2.29. The Morgan fingerprint density at radius 1 is 0.676 bits per heavy atom. The predicted molar refractivity (Wildman–Crippen MR) is 266 cm³/mol. The number of esters is 2. The average Bonchev–Trinajstić information content (AvgIpc) is 3.83. The Labute approximate surface area is 421 Å². The molecule has 18 nitrogen and oxygen atoms in total. The molecule has 2 unspecified atom stereocenters. The fraction of sp³-hybridized carbons (Fsp3) is 0.388. The van der Waals surface area contributed by atoms with Gasteiger partial charge in [-0.15, -0.1) is 0 Å². The summed E-state index contributed by atoms with van der Waals surface area (Å²) in [6, 6.07) is 16.0. The fourth-order valence-corrected chi connectivity index (χ4v) is 9.26. The smallest absolute Gasteiger partial charge is 0.310 e. The van der Waals surface area contributed by atoms with Crippen molar-refractivity contribution < 1.29 is 57.0 Å². The molecule has 4 aromatic carbocycles. The van der Waals surface area contributed by atoms with Crippen molar-refractivity contribution in [1.29, 1.82) is 0 Å². The number of aromatic hydroxyl groups is 2. The lowest BCUT2D eigenvalue weighted by Gasteiger charge is -2.30. The number of carbonyl (C=O) groups excluding carboxylic acids is 2. The lowest BCUT2D eigenvalue weighted by molar-refractivity contribution is -0.149. The first-order chi connectivity index (χ1) is 34.2. The molecule has 2 aliphatic heterocycles. The van der Waals surface area contributed by atoms with Crippen LogP contribution in [0.25, 0.3) is 21.8 Å². The van der Waals surface area contributed by atoms with E-state index in [9.17, 15) is 28.6 Å². The van der Waals surface area contributed by atoms with E-state index in [0.717, 1.165) is 51.9 Å². The van der Waals surface area contributed by atoms with Crippen LogP contribution in [-0.2, 0) is 19.1 Å². The van der Waals surface area contributed by atoms with Crippen LogP contribution in [-0.4, -0.2) is 131 Å². The molecular formula is C49H54BrClF2N8O10. The minimum absolute atomic E-state index is 0.0464. The summed E-state index contributed by atoms with van der Waals surface area (Å²) in [6.45, 7) is 7.68. The molecule has 2 saturated heterocycles. The van der Waals surface area contributed by atoms with Crippen molar-refractivity contribution in [2.75, 3.05) is 77.3 Å². The first-order valence-electron chi connectivity index (χ1n) is 22.8. The van der Waals surface area contributed by atoms with Gasteiger partial charge in [0.2, 0.25) is 0 Å². The van der Waals surface area contributed by atoms with Crippen molar-refractivity contribution in [3.63, 3.8) is 0 Å². The zero-order chi connectivity index (χ0) is 50.6. The number of hydrogen-bond acceptors (Lipinski definition) is 18. The molecule has 0 saturated carbocycles. The quantitative estimate of drug-likeness (QED) is 0.0359. The number of ether oxygens (including phenoxy) is 6. The molecule has 71 heavy (non-hydrogen) atoms. The van der Waals surface area contributed by atoms with Gasteiger partial charge in [0.15, 0.2) is 23.0 Å². The van der Waals surface area contributed by atoms with Crippen LogP contribution in [0.4, 0.5) is 31.5 Å². The van der Waals surface area contributed by atoms with E-state index in [1.807, 2.05) is 0 Å². The third-order valence-electron chi connectivity index (χ3n) is 11.4. The number of aromatic nitrogens is 4. The van der Waals surface area contributed by atoms with Crippen molar-refractivity contribution in [1.82, 2.24) is 29.7 Å². The Bertz CT molecular complexity index is 2840. The molecule has 4 heterocycles. The number of methoxy groups -OCH3 is 2. The minimum Gasteiger partial charge on any atom is -0.508 e. The molecule has 0 aliphatic carbocycles. The van der Waals surface area contributed by atoms with Gasteiger partial charge in [-0.1, -0.05) is 30.2 Å². The molecule has 22 heteroatoms. The number of carbonyl (C=O) groups is 2. The molecule has 2 aromatic heterocycles. The van der Waals surface area contributed by atoms with Gasteiger partial charge in [-0.3, -0.25) is 19.4 Å². The number of benzene rings is 4. The summed E-state index contributed by atoms with van der Waals surface area (Å²) < 4.78 is 62.8. The highest BCUT2D eigenvalue weighted by atomic mass is 79.9. The number of nitrogens with zero attached hydrogens (tertiary/aromatic N) is 6. The Kier molecular flexibility index (Phi) is 18.1. The van der Waals surface area contributed by atoms with Gasteiger partial charge in [0, 0.05) is 62.6 Å². The van der Waals surface area contributed by atoms with Gasteiger partial charge >= 0.3 is 24.1 Å². The van der Waals surface area contributed by atoms with Crippen LogP contribution in [0.5, 0.6) is 34.5 Å². The number of rotatable bonds is 18. The van der Waals surface area contributed by atoms with Gasteiger partial charge in [-0.05, 0) is 92.1 Å². The Morgan fingerprint density at radius 2 is 1.11 bits per heavy atom. The van der Waals surface area contributed by atoms with Crippen molar-refractivity contribution in [3.8, 4) is 34.5 Å². The predicted octanol–water partition coefficient (Wildman–Crippen LogP) is 9.07. The first kappa shape index (κ1) is 52.3. The highest BCUT2D eigenvalue weighted by Gasteiger charge is 2.27. The number of piperidine rings is 1. The van der Waals surface area contributed by atoms with Crippen LogP contribution in [0.3, 0.4) is 0 Å². The second-order valence-corrected chi connectivity index (χ2v) is 17.8. The van der Waals surface area contributed by atoms with E-state index in [0.29, 0.717) is 52.4 Å². The maximum atomic E-state index is 14.1. The van der Waals surface area contributed by atoms with Gasteiger partial charge in [0.1, 0.15) is 46.7 Å². The highest BCUT2D eigenvalue weighted by Crippen LogP contribution is 2.46. The van der Waals surface area contributed by atoms with Gasteiger partial charge < -0.3 is 49.3 Å². The molecule has 2 fully saturated rings. The molecule has 0 spiro atoms. The number of halogens is 4. The first-order valence-corrected chi connectivity index (χ1v) is 24.0. The maximum absolute atomic E-state index is 14.1. The lowest BCUT2D eigenvalue weighted by Crippen LogP contribution is -2.40. The van der Waals surface area contributed by atoms with E-state index in [-0.39, 0.29) is 62.8 Å². The third kappa shape index (κ3) is 14.1. The molecule has 0 amide bonds. The minimum atomic E-state index is -0.991. The van der Waals surface area contributed by atoms with Crippen LogP contribution >= 0.6 is 27.5 Å². The van der Waals surface area contributed by atoms with E-state index in [1.54, 1.807) is 36.4 Å². The van der Waals surface area contributed by atoms with E-state index < -0.39 is 36.3 Å². The van der Waals surface area contributed by atoms with Gasteiger partial charge in [0.25, 0.3) is 0 Å². The van der Waals surface area contributed by atoms with Gasteiger partial charge in [-0.2, -0.15) is 18.7 Å². The zero-order valence-electron chi connectivity index (χ0n) is 39.5. The number of hydrogen-bond donors (Lipinski definition) is 4. The van der Waals surface area contributed by atoms with Gasteiger partial charge in [-0.25, -0.2) is 9.97 Å². The highest BCUT2D eigenvalue weighted by molar-refractivity contribution is 9.10. The SMILES string of the molecule is COc1c(OCC(CN2CCCC2)OC(C)=O)cc2nc(F)nc(Br)c2c1Nc1cccc(O)c1.COc1c(OCC(CN2CCCCC2)OC(C)=O)cc2nc(F)nc(Cl)c2c1Nc1cccc(O)c1. The summed E-state index contributed by atoms with van der Waals surface area (Å²) in [4.78, 5) is 43.1. The Morgan fingerprint density at radius 3 is 1.56 bits per heavy atom. The second kappa shape index (κ2) is 24.5.